The van der Waals surface area contributed by atoms with Crippen molar-refractivity contribution in [2.75, 3.05) is 34.0 Å². The van der Waals surface area contributed by atoms with Gasteiger partial charge in [-0.3, -0.25) is 4.79 Å². The molecule has 0 radical (unpaired) electrons. The van der Waals surface area contributed by atoms with Gasteiger partial charge in [-0.05, 0) is 12.1 Å². The number of hydrogen-bond acceptors (Lipinski definition) is 5. The Labute approximate surface area is 112 Å². The van der Waals surface area contributed by atoms with Crippen LogP contribution in [0, 0.1) is 0 Å². The standard InChI is InChI=1S/C14H19NO4/c1-17-12-4-3-5-13(18-2)14(12)11(16)8-10-9-19-7-6-15-10/h3-5,10,15H,6-9H2,1-2H3. The lowest BCUT2D eigenvalue weighted by molar-refractivity contribution is 0.0674. The molecule has 1 aliphatic rings. The number of rotatable bonds is 5. The first-order chi connectivity index (χ1) is 9.26. The van der Waals surface area contributed by atoms with Gasteiger partial charge in [0.25, 0.3) is 0 Å². The Kier molecular flexibility index (Phi) is 4.76. The third-order valence-corrected chi connectivity index (χ3v) is 3.14. The maximum atomic E-state index is 12.4. The van der Waals surface area contributed by atoms with Gasteiger partial charge in [0.1, 0.15) is 17.1 Å². The molecule has 1 aromatic carbocycles. The number of benzene rings is 1. The minimum absolute atomic E-state index is 0.00250. The van der Waals surface area contributed by atoms with Crippen LogP contribution in [0.4, 0.5) is 0 Å². The van der Waals surface area contributed by atoms with E-state index >= 15 is 0 Å². The Morgan fingerprint density at radius 3 is 2.58 bits per heavy atom. The van der Waals surface area contributed by atoms with Gasteiger partial charge in [-0.25, -0.2) is 0 Å². The summed E-state index contributed by atoms with van der Waals surface area (Å²) in [5.74, 6) is 1.08. The van der Waals surface area contributed by atoms with Crippen molar-refractivity contribution in [2.45, 2.75) is 12.5 Å². The monoisotopic (exact) mass is 265 g/mol. The Bertz CT molecular complexity index is 419. The summed E-state index contributed by atoms with van der Waals surface area (Å²) in [6.45, 7) is 2.03. The molecule has 1 saturated heterocycles. The van der Waals surface area contributed by atoms with Crippen molar-refractivity contribution in [3.05, 3.63) is 23.8 Å². The molecule has 5 heteroatoms. The average Bonchev–Trinajstić information content (AvgIpc) is 2.47. The number of carbonyl (C=O) groups is 1. The fourth-order valence-electron chi connectivity index (χ4n) is 2.20. The molecule has 1 fully saturated rings. The van der Waals surface area contributed by atoms with Crippen LogP contribution in [0.1, 0.15) is 16.8 Å². The van der Waals surface area contributed by atoms with E-state index in [2.05, 4.69) is 5.32 Å². The van der Waals surface area contributed by atoms with Crippen LogP contribution >= 0.6 is 0 Å². The van der Waals surface area contributed by atoms with E-state index < -0.39 is 0 Å². The number of hydrogen-bond donors (Lipinski definition) is 1. The summed E-state index contributed by atoms with van der Waals surface area (Å²) in [7, 11) is 3.10. The molecule has 1 aromatic rings. The molecule has 104 valence electrons. The molecule has 1 unspecified atom stereocenters. The van der Waals surface area contributed by atoms with Crippen molar-refractivity contribution < 1.29 is 19.0 Å². The van der Waals surface area contributed by atoms with Crippen LogP contribution in [0.2, 0.25) is 0 Å². The minimum atomic E-state index is -0.00250. The Morgan fingerprint density at radius 1 is 1.37 bits per heavy atom. The summed E-state index contributed by atoms with van der Waals surface area (Å²) in [6.07, 6.45) is 0.372. The molecule has 0 amide bonds. The van der Waals surface area contributed by atoms with Gasteiger partial charge >= 0.3 is 0 Å². The quantitative estimate of drug-likeness (QED) is 0.812. The molecule has 0 aliphatic carbocycles. The van der Waals surface area contributed by atoms with Crippen molar-refractivity contribution in [2.24, 2.45) is 0 Å². The van der Waals surface area contributed by atoms with Gasteiger partial charge in [0.15, 0.2) is 5.78 Å². The van der Waals surface area contributed by atoms with Gasteiger partial charge in [-0.1, -0.05) is 6.07 Å². The van der Waals surface area contributed by atoms with Crippen LogP contribution in [0.15, 0.2) is 18.2 Å². The minimum Gasteiger partial charge on any atom is -0.496 e. The summed E-state index contributed by atoms with van der Waals surface area (Å²) in [5, 5.41) is 3.27. The molecular formula is C14H19NO4. The van der Waals surface area contributed by atoms with Crippen molar-refractivity contribution in [3.8, 4) is 11.5 Å². The third-order valence-electron chi connectivity index (χ3n) is 3.14. The maximum Gasteiger partial charge on any atom is 0.171 e. The zero-order valence-electron chi connectivity index (χ0n) is 11.3. The smallest absolute Gasteiger partial charge is 0.171 e. The van der Waals surface area contributed by atoms with Crippen LogP contribution in [0.3, 0.4) is 0 Å². The number of carbonyl (C=O) groups excluding carboxylic acids is 1. The Balaban J connectivity index is 2.17. The van der Waals surface area contributed by atoms with E-state index in [-0.39, 0.29) is 11.8 Å². The zero-order chi connectivity index (χ0) is 13.7. The zero-order valence-corrected chi connectivity index (χ0v) is 11.3. The number of methoxy groups -OCH3 is 2. The molecule has 5 nitrogen and oxygen atoms in total. The highest BCUT2D eigenvalue weighted by atomic mass is 16.5. The molecule has 19 heavy (non-hydrogen) atoms. The molecule has 1 heterocycles. The van der Waals surface area contributed by atoms with Crippen LogP contribution in [-0.2, 0) is 4.74 Å². The van der Waals surface area contributed by atoms with Gasteiger partial charge in [0, 0.05) is 19.0 Å². The first-order valence-corrected chi connectivity index (χ1v) is 6.31. The molecule has 1 aliphatic heterocycles. The second kappa shape index (κ2) is 6.54. The highest BCUT2D eigenvalue weighted by Crippen LogP contribution is 2.29. The number of ketones is 1. The number of Topliss-reactive ketones (excluding diaryl/α,β-unsaturated/α-hetero) is 1. The highest BCUT2D eigenvalue weighted by molar-refractivity contribution is 6.01. The molecule has 0 aromatic heterocycles. The normalized spacial score (nSPS) is 18.9. The first-order valence-electron chi connectivity index (χ1n) is 6.31. The SMILES string of the molecule is COc1cccc(OC)c1C(=O)CC1COCCN1. The number of ether oxygens (including phenoxy) is 3. The molecule has 2 rings (SSSR count). The van der Waals surface area contributed by atoms with Crippen LogP contribution in [0.25, 0.3) is 0 Å². The molecule has 0 saturated carbocycles. The van der Waals surface area contributed by atoms with E-state index in [1.807, 2.05) is 0 Å². The van der Waals surface area contributed by atoms with E-state index in [1.54, 1.807) is 32.4 Å². The summed E-state index contributed by atoms with van der Waals surface area (Å²) in [4.78, 5) is 12.4. The predicted octanol–water partition coefficient (Wildman–Crippen LogP) is 1.26. The van der Waals surface area contributed by atoms with Crippen molar-refractivity contribution in [3.63, 3.8) is 0 Å². The van der Waals surface area contributed by atoms with Crippen LogP contribution in [0.5, 0.6) is 11.5 Å². The number of nitrogens with one attached hydrogen (secondary N) is 1. The fourth-order valence-corrected chi connectivity index (χ4v) is 2.20. The van der Waals surface area contributed by atoms with Crippen LogP contribution < -0.4 is 14.8 Å². The van der Waals surface area contributed by atoms with E-state index in [1.165, 1.54) is 0 Å². The Morgan fingerprint density at radius 2 is 2.05 bits per heavy atom. The van der Waals surface area contributed by atoms with Gasteiger partial charge < -0.3 is 19.5 Å². The second-order valence-electron chi connectivity index (χ2n) is 4.39. The molecule has 1 atom stereocenters. The summed E-state index contributed by atoms with van der Waals surface area (Å²) in [6, 6.07) is 5.38. The summed E-state index contributed by atoms with van der Waals surface area (Å²) in [5.41, 5.74) is 0.500. The third kappa shape index (κ3) is 3.24. The summed E-state index contributed by atoms with van der Waals surface area (Å²) >= 11 is 0. The van der Waals surface area contributed by atoms with E-state index in [0.29, 0.717) is 36.7 Å². The van der Waals surface area contributed by atoms with E-state index in [4.69, 9.17) is 14.2 Å². The lowest BCUT2D eigenvalue weighted by atomic mass is 10.0. The lowest BCUT2D eigenvalue weighted by Crippen LogP contribution is -2.42. The topological polar surface area (TPSA) is 56.8 Å². The van der Waals surface area contributed by atoms with Crippen molar-refractivity contribution in [1.29, 1.82) is 0 Å². The number of morpholine rings is 1. The van der Waals surface area contributed by atoms with Gasteiger partial charge in [0.2, 0.25) is 0 Å². The van der Waals surface area contributed by atoms with Crippen molar-refractivity contribution >= 4 is 5.78 Å². The van der Waals surface area contributed by atoms with Gasteiger partial charge in [-0.15, -0.1) is 0 Å². The van der Waals surface area contributed by atoms with Crippen LogP contribution in [-0.4, -0.2) is 45.8 Å². The molecular weight excluding hydrogens is 246 g/mol. The van der Waals surface area contributed by atoms with Gasteiger partial charge in [-0.2, -0.15) is 0 Å². The lowest BCUT2D eigenvalue weighted by Gasteiger charge is -2.23. The Hall–Kier alpha value is -1.59. The summed E-state index contributed by atoms with van der Waals surface area (Å²) < 4.78 is 15.8. The predicted molar refractivity (Wildman–Crippen MR) is 71.1 cm³/mol. The van der Waals surface area contributed by atoms with Crippen molar-refractivity contribution in [1.82, 2.24) is 5.32 Å². The second-order valence-corrected chi connectivity index (χ2v) is 4.39. The van der Waals surface area contributed by atoms with Gasteiger partial charge in [0.05, 0.1) is 27.4 Å². The highest BCUT2D eigenvalue weighted by Gasteiger charge is 2.23. The maximum absolute atomic E-state index is 12.4. The fraction of sp³-hybridized carbons (Fsp3) is 0.500. The van der Waals surface area contributed by atoms with E-state index in [9.17, 15) is 4.79 Å². The first kappa shape index (κ1) is 13.8. The van der Waals surface area contributed by atoms with E-state index in [0.717, 1.165) is 6.54 Å². The molecule has 0 spiro atoms. The largest absolute Gasteiger partial charge is 0.496 e. The molecule has 0 bridgehead atoms. The average molecular weight is 265 g/mol. The molecule has 1 N–H and O–H groups in total.